The number of hydrogen-bond acceptors (Lipinski definition) is 3. The summed E-state index contributed by atoms with van der Waals surface area (Å²) in [5, 5.41) is 4.33. The van der Waals surface area contributed by atoms with Crippen LogP contribution < -0.4 is 4.74 Å². The minimum Gasteiger partial charge on any atom is -0.496 e. The maximum Gasteiger partial charge on any atom is 0.258 e. The Morgan fingerprint density at radius 3 is 2.95 bits per heavy atom. The summed E-state index contributed by atoms with van der Waals surface area (Å²) in [5.74, 6) is 0.658. The van der Waals surface area contributed by atoms with Gasteiger partial charge in [-0.15, -0.1) is 0 Å². The molecule has 5 heteroatoms. The fourth-order valence-corrected chi connectivity index (χ4v) is 3.18. The van der Waals surface area contributed by atoms with Crippen molar-refractivity contribution in [3.63, 3.8) is 0 Å². The van der Waals surface area contributed by atoms with Gasteiger partial charge in [0.05, 0.1) is 24.4 Å². The van der Waals surface area contributed by atoms with Crippen LogP contribution in [0.1, 0.15) is 41.9 Å². The summed E-state index contributed by atoms with van der Waals surface area (Å²) in [6.07, 6.45) is 3.80. The number of aryl methyl sites for hydroxylation is 1. The quantitative estimate of drug-likeness (QED) is 0.872. The molecule has 1 amide bonds. The number of methoxy groups -OCH3 is 1. The van der Waals surface area contributed by atoms with Crippen LogP contribution in [-0.2, 0) is 6.54 Å². The van der Waals surface area contributed by atoms with Crippen molar-refractivity contribution in [1.82, 2.24) is 14.7 Å². The molecule has 1 atom stereocenters. The van der Waals surface area contributed by atoms with Gasteiger partial charge in [-0.25, -0.2) is 0 Å². The average molecular weight is 299 g/mol. The number of amides is 1. The molecule has 0 N–H and O–H groups in total. The van der Waals surface area contributed by atoms with Crippen molar-refractivity contribution in [3.8, 4) is 5.75 Å². The smallest absolute Gasteiger partial charge is 0.258 e. The summed E-state index contributed by atoms with van der Waals surface area (Å²) >= 11 is 0. The van der Waals surface area contributed by atoms with E-state index in [0.717, 1.165) is 31.6 Å². The Morgan fingerprint density at radius 2 is 2.18 bits per heavy atom. The predicted molar refractivity (Wildman–Crippen MR) is 83.9 cm³/mol. The number of likely N-dealkylation sites (tertiary alicyclic amines) is 1. The molecule has 0 bridgehead atoms. The highest BCUT2D eigenvalue weighted by atomic mass is 16.5. The zero-order valence-corrected chi connectivity index (χ0v) is 13.0. The van der Waals surface area contributed by atoms with Crippen LogP contribution in [0.4, 0.5) is 0 Å². The van der Waals surface area contributed by atoms with Crippen LogP contribution in [0.25, 0.3) is 0 Å². The Morgan fingerprint density at radius 1 is 1.36 bits per heavy atom. The van der Waals surface area contributed by atoms with E-state index in [9.17, 15) is 4.79 Å². The van der Waals surface area contributed by atoms with Gasteiger partial charge in [-0.05, 0) is 38.0 Å². The SMILES string of the molecule is CCn1nccc1[C@@H]1CCCN1C(=O)c1ccccc1OC. The zero-order chi connectivity index (χ0) is 15.5. The average Bonchev–Trinajstić information content (AvgIpc) is 3.21. The predicted octanol–water partition coefficient (Wildman–Crippen LogP) is 2.89. The first kappa shape index (κ1) is 14.6. The van der Waals surface area contributed by atoms with Gasteiger partial charge in [0, 0.05) is 19.3 Å². The second kappa shape index (κ2) is 6.22. The third-order valence-electron chi connectivity index (χ3n) is 4.24. The highest BCUT2D eigenvalue weighted by Gasteiger charge is 2.33. The summed E-state index contributed by atoms with van der Waals surface area (Å²) in [6, 6.07) is 9.52. The second-order valence-electron chi connectivity index (χ2n) is 5.43. The van der Waals surface area contributed by atoms with Gasteiger partial charge in [0.2, 0.25) is 0 Å². The zero-order valence-electron chi connectivity index (χ0n) is 13.0. The van der Waals surface area contributed by atoms with Gasteiger partial charge in [-0.3, -0.25) is 9.48 Å². The van der Waals surface area contributed by atoms with Crippen LogP contribution in [0, 0.1) is 0 Å². The summed E-state index contributed by atoms with van der Waals surface area (Å²) in [7, 11) is 1.60. The summed E-state index contributed by atoms with van der Waals surface area (Å²) in [5.41, 5.74) is 1.74. The van der Waals surface area contributed by atoms with E-state index in [1.54, 1.807) is 7.11 Å². The van der Waals surface area contributed by atoms with Gasteiger partial charge in [-0.1, -0.05) is 12.1 Å². The molecule has 5 nitrogen and oxygen atoms in total. The molecule has 1 fully saturated rings. The topological polar surface area (TPSA) is 47.4 Å². The largest absolute Gasteiger partial charge is 0.496 e. The van der Waals surface area contributed by atoms with Crippen LogP contribution in [0.5, 0.6) is 5.75 Å². The number of para-hydroxylation sites is 1. The molecule has 2 heterocycles. The number of hydrogen-bond donors (Lipinski definition) is 0. The number of carbonyl (C=O) groups is 1. The minimum absolute atomic E-state index is 0.0313. The van der Waals surface area contributed by atoms with Gasteiger partial charge in [0.15, 0.2) is 0 Å². The maximum atomic E-state index is 12.9. The van der Waals surface area contributed by atoms with Crippen molar-refractivity contribution in [1.29, 1.82) is 0 Å². The Labute approximate surface area is 130 Å². The first-order valence-electron chi connectivity index (χ1n) is 7.72. The third kappa shape index (κ3) is 2.47. The number of nitrogens with zero attached hydrogens (tertiary/aromatic N) is 3. The number of rotatable bonds is 4. The summed E-state index contributed by atoms with van der Waals surface area (Å²) in [4.78, 5) is 14.9. The molecule has 0 unspecified atom stereocenters. The summed E-state index contributed by atoms with van der Waals surface area (Å²) < 4.78 is 7.30. The fourth-order valence-electron chi connectivity index (χ4n) is 3.18. The molecule has 0 aliphatic carbocycles. The Hall–Kier alpha value is -2.30. The molecule has 22 heavy (non-hydrogen) atoms. The van der Waals surface area contributed by atoms with Crippen LogP contribution >= 0.6 is 0 Å². The van der Waals surface area contributed by atoms with Crippen LogP contribution in [0.3, 0.4) is 0 Å². The van der Waals surface area contributed by atoms with E-state index in [0.29, 0.717) is 11.3 Å². The van der Waals surface area contributed by atoms with E-state index >= 15 is 0 Å². The van der Waals surface area contributed by atoms with E-state index < -0.39 is 0 Å². The van der Waals surface area contributed by atoms with Crippen molar-refractivity contribution in [2.45, 2.75) is 32.4 Å². The van der Waals surface area contributed by atoms with E-state index in [1.807, 2.05) is 46.1 Å². The van der Waals surface area contributed by atoms with E-state index in [-0.39, 0.29) is 11.9 Å². The molecule has 1 aromatic carbocycles. The van der Waals surface area contributed by atoms with Crippen LogP contribution in [-0.4, -0.2) is 34.2 Å². The number of ether oxygens (including phenoxy) is 1. The lowest BCUT2D eigenvalue weighted by Gasteiger charge is -2.26. The standard InChI is InChI=1S/C17H21N3O2/c1-3-20-15(10-11-18-20)14-8-6-12-19(14)17(21)13-7-4-5-9-16(13)22-2/h4-5,7,9-11,14H,3,6,8,12H2,1-2H3/t14-/m0/s1. The van der Waals surface area contributed by atoms with Gasteiger partial charge >= 0.3 is 0 Å². The van der Waals surface area contributed by atoms with Gasteiger partial charge in [0.25, 0.3) is 5.91 Å². The Bertz CT molecular complexity index is 665. The maximum absolute atomic E-state index is 12.9. The van der Waals surface area contributed by atoms with E-state index in [4.69, 9.17) is 4.74 Å². The number of aromatic nitrogens is 2. The molecule has 116 valence electrons. The first-order valence-corrected chi connectivity index (χ1v) is 7.72. The van der Waals surface area contributed by atoms with Crippen molar-refractivity contribution in [2.24, 2.45) is 0 Å². The molecule has 1 aromatic heterocycles. The molecule has 1 aliphatic heterocycles. The molecular weight excluding hydrogens is 278 g/mol. The Balaban J connectivity index is 1.91. The van der Waals surface area contributed by atoms with Gasteiger partial charge < -0.3 is 9.64 Å². The number of benzene rings is 1. The number of carbonyl (C=O) groups excluding carboxylic acids is 1. The highest BCUT2D eigenvalue weighted by molar-refractivity contribution is 5.97. The third-order valence-corrected chi connectivity index (χ3v) is 4.24. The van der Waals surface area contributed by atoms with Gasteiger partial charge in [0.1, 0.15) is 5.75 Å². The van der Waals surface area contributed by atoms with E-state index in [2.05, 4.69) is 12.0 Å². The van der Waals surface area contributed by atoms with Crippen molar-refractivity contribution in [2.75, 3.05) is 13.7 Å². The van der Waals surface area contributed by atoms with Crippen molar-refractivity contribution in [3.05, 3.63) is 47.8 Å². The molecule has 3 rings (SSSR count). The summed E-state index contributed by atoms with van der Waals surface area (Å²) in [6.45, 7) is 3.66. The van der Waals surface area contributed by atoms with Crippen molar-refractivity contribution >= 4 is 5.91 Å². The van der Waals surface area contributed by atoms with Crippen LogP contribution in [0.2, 0.25) is 0 Å². The molecule has 0 saturated carbocycles. The highest BCUT2D eigenvalue weighted by Crippen LogP contribution is 2.34. The molecule has 0 spiro atoms. The monoisotopic (exact) mass is 299 g/mol. The van der Waals surface area contributed by atoms with Crippen molar-refractivity contribution < 1.29 is 9.53 Å². The first-order chi connectivity index (χ1) is 10.8. The lowest BCUT2D eigenvalue weighted by atomic mass is 10.1. The molecule has 1 aliphatic rings. The molecule has 2 aromatic rings. The Kier molecular flexibility index (Phi) is 4.13. The second-order valence-corrected chi connectivity index (χ2v) is 5.43. The van der Waals surface area contributed by atoms with Crippen LogP contribution in [0.15, 0.2) is 36.5 Å². The minimum atomic E-state index is 0.0313. The van der Waals surface area contributed by atoms with Gasteiger partial charge in [-0.2, -0.15) is 5.10 Å². The lowest BCUT2D eigenvalue weighted by molar-refractivity contribution is 0.0726. The molecule has 1 saturated heterocycles. The molecular formula is C17H21N3O2. The normalized spacial score (nSPS) is 17.7. The van der Waals surface area contributed by atoms with E-state index in [1.165, 1.54) is 0 Å². The molecule has 0 radical (unpaired) electrons. The lowest BCUT2D eigenvalue weighted by Crippen LogP contribution is -2.32. The fraction of sp³-hybridized carbons (Fsp3) is 0.412.